The van der Waals surface area contributed by atoms with Gasteiger partial charge in [0.1, 0.15) is 6.04 Å². The highest BCUT2D eigenvalue weighted by molar-refractivity contribution is 6.00. The number of hydrogen-bond donors (Lipinski definition) is 3. The highest BCUT2D eigenvalue weighted by Gasteiger charge is 2.25. The Labute approximate surface area is 123 Å². The SMILES string of the molecule is CCC(C)C(NC(=O)c1cccc(C(=O)NC)c1)C(=O)O. The van der Waals surface area contributed by atoms with Gasteiger partial charge in [-0.05, 0) is 24.1 Å². The molecule has 0 saturated carbocycles. The number of hydrogen-bond acceptors (Lipinski definition) is 3. The van der Waals surface area contributed by atoms with E-state index in [4.69, 9.17) is 0 Å². The van der Waals surface area contributed by atoms with Crippen LogP contribution in [0.25, 0.3) is 0 Å². The van der Waals surface area contributed by atoms with Crippen LogP contribution in [-0.4, -0.2) is 36.0 Å². The largest absolute Gasteiger partial charge is 0.480 e. The summed E-state index contributed by atoms with van der Waals surface area (Å²) in [6, 6.07) is 5.18. The Hall–Kier alpha value is -2.37. The molecule has 0 spiro atoms. The number of rotatable bonds is 6. The van der Waals surface area contributed by atoms with Crippen molar-refractivity contribution in [2.45, 2.75) is 26.3 Å². The van der Waals surface area contributed by atoms with E-state index < -0.39 is 17.9 Å². The number of benzene rings is 1. The normalized spacial score (nSPS) is 13.1. The first kappa shape index (κ1) is 16.7. The number of carbonyl (C=O) groups is 3. The van der Waals surface area contributed by atoms with E-state index in [-0.39, 0.29) is 17.4 Å². The quantitative estimate of drug-likeness (QED) is 0.736. The molecular weight excluding hydrogens is 272 g/mol. The highest BCUT2D eigenvalue weighted by Crippen LogP contribution is 2.10. The fraction of sp³-hybridized carbons (Fsp3) is 0.400. The van der Waals surface area contributed by atoms with E-state index in [9.17, 15) is 19.5 Å². The average molecular weight is 292 g/mol. The van der Waals surface area contributed by atoms with Crippen LogP contribution in [0.3, 0.4) is 0 Å². The maximum absolute atomic E-state index is 12.1. The highest BCUT2D eigenvalue weighted by atomic mass is 16.4. The van der Waals surface area contributed by atoms with Gasteiger partial charge in [0.15, 0.2) is 0 Å². The first-order valence-electron chi connectivity index (χ1n) is 6.76. The van der Waals surface area contributed by atoms with Gasteiger partial charge < -0.3 is 15.7 Å². The molecule has 0 bridgehead atoms. The summed E-state index contributed by atoms with van der Waals surface area (Å²) in [7, 11) is 1.50. The van der Waals surface area contributed by atoms with Gasteiger partial charge in [0.2, 0.25) is 0 Å². The summed E-state index contributed by atoms with van der Waals surface area (Å²) < 4.78 is 0. The van der Waals surface area contributed by atoms with Crippen LogP contribution in [0.2, 0.25) is 0 Å². The number of aliphatic carboxylic acids is 1. The lowest BCUT2D eigenvalue weighted by Gasteiger charge is -2.20. The first-order chi connectivity index (χ1) is 9.90. The van der Waals surface area contributed by atoms with Crippen molar-refractivity contribution in [1.82, 2.24) is 10.6 Å². The predicted molar refractivity (Wildman–Crippen MR) is 78.2 cm³/mol. The molecular formula is C15H20N2O4. The van der Waals surface area contributed by atoms with Gasteiger partial charge in [-0.1, -0.05) is 26.3 Å². The third-order valence-corrected chi connectivity index (χ3v) is 3.38. The van der Waals surface area contributed by atoms with Crippen LogP contribution >= 0.6 is 0 Å². The van der Waals surface area contributed by atoms with Gasteiger partial charge in [-0.2, -0.15) is 0 Å². The number of amides is 2. The lowest BCUT2D eigenvalue weighted by Crippen LogP contribution is -2.45. The molecule has 0 aliphatic heterocycles. The van der Waals surface area contributed by atoms with Crippen molar-refractivity contribution in [3.05, 3.63) is 35.4 Å². The molecule has 0 aromatic heterocycles. The van der Waals surface area contributed by atoms with Crippen molar-refractivity contribution in [1.29, 1.82) is 0 Å². The van der Waals surface area contributed by atoms with Crippen LogP contribution in [0.1, 0.15) is 41.0 Å². The number of carbonyl (C=O) groups excluding carboxylic acids is 2. The molecule has 21 heavy (non-hydrogen) atoms. The Morgan fingerprint density at radius 1 is 1.19 bits per heavy atom. The van der Waals surface area contributed by atoms with E-state index in [0.717, 1.165) is 0 Å². The lowest BCUT2D eigenvalue weighted by atomic mass is 9.98. The number of carboxylic acids is 1. The standard InChI is InChI=1S/C15H20N2O4/c1-4-9(2)12(15(20)21)17-14(19)11-7-5-6-10(8-11)13(18)16-3/h5-9,12H,4H2,1-3H3,(H,16,18)(H,17,19)(H,20,21). The lowest BCUT2D eigenvalue weighted by molar-refractivity contribution is -0.140. The van der Waals surface area contributed by atoms with Crippen LogP contribution < -0.4 is 10.6 Å². The maximum atomic E-state index is 12.1. The Balaban J connectivity index is 2.93. The second kappa shape index (κ2) is 7.42. The molecule has 1 aromatic carbocycles. The average Bonchev–Trinajstić information content (AvgIpc) is 2.50. The molecule has 114 valence electrons. The number of carboxylic acid groups (broad SMARTS) is 1. The third kappa shape index (κ3) is 4.30. The molecule has 2 amide bonds. The molecule has 0 radical (unpaired) electrons. The summed E-state index contributed by atoms with van der Waals surface area (Å²) in [6.07, 6.45) is 0.634. The van der Waals surface area contributed by atoms with E-state index in [2.05, 4.69) is 10.6 Å². The predicted octanol–water partition coefficient (Wildman–Crippen LogP) is 1.28. The summed E-state index contributed by atoms with van der Waals surface area (Å²) in [5.74, 6) is -2.07. The molecule has 0 fully saturated rings. The van der Waals surface area contributed by atoms with Gasteiger partial charge in [-0.3, -0.25) is 9.59 Å². The van der Waals surface area contributed by atoms with Crippen LogP contribution in [-0.2, 0) is 4.79 Å². The molecule has 2 unspecified atom stereocenters. The summed E-state index contributed by atoms with van der Waals surface area (Å²) in [6.45, 7) is 3.62. The molecule has 2 atom stereocenters. The van der Waals surface area contributed by atoms with Gasteiger partial charge in [-0.25, -0.2) is 4.79 Å². The minimum Gasteiger partial charge on any atom is -0.480 e. The topological polar surface area (TPSA) is 95.5 Å². The molecule has 1 aromatic rings. The van der Waals surface area contributed by atoms with Crippen LogP contribution in [0.4, 0.5) is 0 Å². The second-order valence-corrected chi connectivity index (χ2v) is 4.83. The van der Waals surface area contributed by atoms with E-state index in [1.165, 1.54) is 19.2 Å². The zero-order chi connectivity index (χ0) is 16.0. The maximum Gasteiger partial charge on any atom is 0.326 e. The zero-order valence-electron chi connectivity index (χ0n) is 12.3. The second-order valence-electron chi connectivity index (χ2n) is 4.83. The third-order valence-electron chi connectivity index (χ3n) is 3.38. The molecule has 0 aliphatic carbocycles. The summed E-state index contributed by atoms with van der Waals surface area (Å²) >= 11 is 0. The smallest absolute Gasteiger partial charge is 0.326 e. The van der Waals surface area contributed by atoms with Crippen molar-refractivity contribution < 1.29 is 19.5 Å². The fourth-order valence-electron chi connectivity index (χ4n) is 1.85. The molecule has 6 nitrogen and oxygen atoms in total. The fourth-order valence-corrected chi connectivity index (χ4v) is 1.85. The van der Waals surface area contributed by atoms with E-state index >= 15 is 0 Å². The van der Waals surface area contributed by atoms with Gasteiger partial charge in [0, 0.05) is 18.2 Å². The Kier molecular flexibility index (Phi) is 5.90. The van der Waals surface area contributed by atoms with Crippen molar-refractivity contribution >= 4 is 17.8 Å². The summed E-state index contributed by atoms with van der Waals surface area (Å²) in [4.78, 5) is 34.9. The van der Waals surface area contributed by atoms with Crippen molar-refractivity contribution in [3.8, 4) is 0 Å². The van der Waals surface area contributed by atoms with Crippen LogP contribution in [0, 0.1) is 5.92 Å². The van der Waals surface area contributed by atoms with Gasteiger partial charge in [-0.15, -0.1) is 0 Å². The molecule has 6 heteroatoms. The molecule has 1 rings (SSSR count). The van der Waals surface area contributed by atoms with E-state index in [0.29, 0.717) is 12.0 Å². The van der Waals surface area contributed by atoms with E-state index in [1.54, 1.807) is 19.1 Å². The monoisotopic (exact) mass is 292 g/mol. The Morgan fingerprint density at radius 2 is 1.76 bits per heavy atom. The number of nitrogens with one attached hydrogen (secondary N) is 2. The van der Waals surface area contributed by atoms with Crippen LogP contribution in [0.15, 0.2) is 24.3 Å². The molecule has 0 aliphatic rings. The first-order valence-corrected chi connectivity index (χ1v) is 6.76. The minimum absolute atomic E-state index is 0.187. The van der Waals surface area contributed by atoms with Crippen molar-refractivity contribution in [2.75, 3.05) is 7.05 Å². The van der Waals surface area contributed by atoms with E-state index in [1.807, 2.05) is 6.92 Å². The summed E-state index contributed by atoms with van der Waals surface area (Å²) in [5.41, 5.74) is 0.603. The zero-order valence-corrected chi connectivity index (χ0v) is 12.3. The van der Waals surface area contributed by atoms with Gasteiger partial charge in [0.05, 0.1) is 0 Å². The molecule has 0 saturated heterocycles. The molecule has 0 heterocycles. The Morgan fingerprint density at radius 3 is 2.24 bits per heavy atom. The Bertz CT molecular complexity index is 542. The molecule has 3 N–H and O–H groups in total. The van der Waals surface area contributed by atoms with Crippen molar-refractivity contribution in [3.63, 3.8) is 0 Å². The van der Waals surface area contributed by atoms with Gasteiger partial charge in [0.25, 0.3) is 11.8 Å². The minimum atomic E-state index is -1.07. The van der Waals surface area contributed by atoms with Crippen molar-refractivity contribution in [2.24, 2.45) is 5.92 Å². The van der Waals surface area contributed by atoms with Gasteiger partial charge >= 0.3 is 5.97 Å². The van der Waals surface area contributed by atoms with Crippen LogP contribution in [0.5, 0.6) is 0 Å². The summed E-state index contributed by atoms with van der Waals surface area (Å²) in [5, 5.41) is 14.1.